The first-order valence-corrected chi connectivity index (χ1v) is 11.0. The van der Waals surface area contributed by atoms with Crippen LogP contribution in [0.4, 0.5) is 0 Å². The number of rotatable bonds is 11. The van der Waals surface area contributed by atoms with Gasteiger partial charge in [-0.3, -0.25) is 14.4 Å². The van der Waals surface area contributed by atoms with Crippen molar-refractivity contribution in [2.45, 2.75) is 51.5 Å². The molecule has 1 saturated heterocycles. The number of nitrogens with zero attached hydrogens (tertiary/aromatic N) is 1. The molecule has 0 bridgehead atoms. The Morgan fingerprint density at radius 2 is 2.07 bits per heavy atom. The number of hydrogen-bond donors (Lipinski definition) is 1. The van der Waals surface area contributed by atoms with Gasteiger partial charge in [-0.25, -0.2) is 0 Å². The summed E-state index contributed by atoms with van der Waals surface area (Å²) >= 11 is 1.67. The Bertz CT molecular complexity index is 716. The van der Waals surface area contributed by atoms with E-state index in [0.29, 0.717) is 25.8 Å². The fraction of sp³-hybridized carbons (Fsp3) is 0.500. The number of likely N-dealkylation sites (tertiary alicyclic amines) is 1. The molecule has 1 aliphatic rings. The van der Waals surface area contributed by atoms with Crippen molar-refractivity contribution < 1.29 is 19.5 Å². The fourth-order valence-electron chi connectivity index (χ4n) is 3.30. The quantitative estimate of drug-likeness (QED) is 0.451. The Balaban J connectivity index is 1.84. The highest BCUT2D eigenvalue weighted by molar-refractivity contribution is 7.99. The van der Waals surface area contributed by atoms with Gasteiger partial charge >= 0.3 is 5.97 Å². The van der Waals surface area contributed by atoms with Gasteiger partial charge in [0.2, 0.25) is 5.91 Å². The number of hydrogen-bond acceptors (Lipinski definition) is 4. The number of allylic oxidation sites excluding steroid dienone is 1. The zero-order chi connectivity index (χ0) is 20.4. The summed E-state index contributed by atoms with van der Waals surface area (Å²) in [6.07, 6.45) is 7.00. The van der Waals surface area contributed by atoms with Gasteiger partial charge in [0.25, 0.3) is 0 Å². The number of aryl methyl sites for hydroxylation is 1. The molecular formula is C22H29NO4S. The Morgan fingerprint density at radius 3 is 2.82 bits per heavy atom. The van der Waals surface area contributed by atoms with Gasteiger partial charge < -0.3 is 10.0 Å². The molecule has 6 heteroatoms. The number of amides is 1. The summed E-state index contributed by atoms with van der Waals surface area (Å²) in [5, 5.41) is 8.66. The predicted octanol–water partition coefficient (Wildman–Crippen LogP) is 3.64. The molecule has 0 spiro atoms. The number of carbonyl (C=O) groups excluding carboxylic acids is 2. The first kappa shape index (κ1) is 22.2. The van der Waals surface area contributed by atoms with E-state index in [-0.39, 0.29) is 24.2 Å². The van der Waals surface area contributed by atoms with Crippen molar-refractivity contribution in [1.82, 2.24) is 4.90 Å². The third kappa shape index (κ3) is 7.50. The molecule has 1 N–H and O–H groups in total. The number of ketones is 1. The van der Waals surface area contributed by atoms with E-state index in [1.807, 2.05) is 42.2 Å². The second-order valence-corrected chi connectivity index (χ2v) is 8.31. The van der Waals surface area contributed by atoms with E-state index in [1.165, 1.54) is 0 Å². The lowest BCUT2D eigenvalue weighted by Crippen LogP contribution is -2.43. The van der Waals surface area contributed by atoms with Crippen LogP contribution >= 0.6 is 11.8 Å². The Morgan fingerprint density at radius 1 is 1.29 bits per heavy atom. The molecule has 1 aromatic carbocycles. The predicted molar refractivity (Wildman–Crippen MR) is 113 cm³/mol. The summed E-state index contributed by atoms with van der Waals surface area (Å²) in [6, 6.07) is 7.85. The smallest absolute Gasteiger partial charge is 0.303 e. The lowest BCUT2D eigenvalue weighted by atomic mass is 9.99. The molecule has 1 aliphatic heterocycles. The molecule has 0 aliphatic carbocycles. The minimum atomic E-state index is -0.771. The molecule has 5 nitrogen and oxygen atoms in total. The van der Waals surface area contributed by atoms with E-state index in [0.717, 1.165) is 35.5 Å². The molecule has 1 fully saturated rings. The maximum atomic E-state index is 12.3. The first-order chi connectivity index (χ1) is 13.5. The molecule has 0 aromatic heterocycles. The zero-order valence-electron chi connectivity index (χ0n) is 16.4. The minimum absolute atomic E-state index is 0.0262. The van der Waals surface area contributed by atoms with Crippen molar-refractivity contribution in [3.05, 3.63) is 47.5 Å². The number of carboxylic acids is 1. The van der Waals surface area contributed by atoms with Crippen molar-refractivity contribution in [2.24, 2.45) is 0 Å². The summed E-state index contributed by atoms with van der Waals surface area (Å²) in [6.45, 7) is 2.64. The molecule has 2 rings (SSSR count). The van der Waals surface area contributed by atoms with Crippen LogP contribution in [0.3, 0.4) is 0 Å². The number of thioether (sulfide) groups is 1. The SMILES string of the molecule is Cc1ccccc1CC(=O)/C=C/[C@H]1CCCC(=O)N1CCSCCCC(=O)O. The molecule has 1 heterocycles. The third-order valence-electron chi connectivity index (χ3n) is 4.90. The van der Waals surface area contributed by atoms with Crippen LogP contribution in [0.25, 0.3) is 0 Å². The summed E-state index contributed by atoms with van der Waals surface area (Å²) < 4.78 is 0. The van der Waals surface area contributed by atoms with Crippen molar-refractivity contribution >= 4 is 29.4 Å². The summed E-state index contributed by atoms with van der Waals surface area (Å²) in [5.41, 5.74) is 2.14. The molecule has 28 heavy (non-hydrogen) atoms. The van der Waals surface area contributed by atoms with Crippen molar-refractivity contribution in [1.29, 1.82) is 0 Å². The lowest BCUT2D eigenvalue weighted by Gasteiger charge is -2.34. The van der Waals surface area contributed by atoms with Gasteiger partial charge in [-0.2, -0.15) is 11.8 Å². The van der Waals surface area contributed by atoms with Gasteiger partial charge in [-0.05, 0) is 49.1 Å². The van der Waals surface area contributed by atoms with Crippen LogP contribution in [-0.2, 0) is 20.8 Å². The number of piperidine rings is 1. The molecule has 0 saturated carbocycles. The normalized spacial score (nSPS) is 17.2. The van der Waals surface area contributed by atoms with Gasteiger partial charge in [-0.15, -0.1) is 0 Å². The summed E-state index contributed by atoms with van der Waals surface area (Å²) in [5.74, 6) is 0.984. The lowest BCUT2D eigenvalue weighted by molar-refractivity contribution is -0.137. The molecule has 0 unspecified atom stereocenters. The van der Waals surface area contributed by atoms with Gasteiger partial charge in [0.15, 0.2) is 5.78 Å². The van der Waals surface area contributed by atoms with Gasteiger partial charge in [0.1, 0.15) is 0 Å². The van der Waals surface area contributed by atoms with Gasteiger partial charge in [-0.1, -0.05) is 30.3 Å². The highest BCUT2D eigenvalue weighted by Gasteiger charge is 2.25. The number of carboxylic acid groups (broad SMARTS) is 1. The van der Waals surface area contributed by atoms with E-state index >= 15 is 0 Å². The highest BCUT2D eigenvalue weighted by Crippen LogP contribution is 2.20. The Hall–Kier alpha value is -2.08. The molecule has 0 radical (unpaired) electrons. The van der Waals surface area contributed by atoms with Crippen molar-refractivity contribution in [2.75, 3.05) is 18.1 Å². The second-order valence-electron chi connectivity index (χ2n) is 7.09. The molecule has 1 amide bonds. The van der Waals surface area contributed by atoms with E-state index in [4.69, 9.17) is 5.11 Å². The number of carbonyl (C=O) groups is 3. The fourth-order valence-corrected chi connectivity index (χ4v) is 4.18. The molecular weight excluding hydrogens is 374 g/mol. The van der Waals surface area contributed by atoms with Crippen molar-refractivity contribution in [3.8, 4) is 0 Å². The topological polar surface area (TPSA) is 74.7 Å². The van der Waals surface area contributed by atoms with Gasteiger partial charge in [0, 0.05) is 31.6 Å². The van der Waals surface area contributed by atoms with E-state index in [2.05, 4.69) is 0 Å². The van der Waals surface area contributed by atoms with Crippen molar-refractivity contribution in [3.63, 3.8) is 0 Å². The van der Waals surface area contributed by atoms with Crippen LogP contribution in [0.5, 0.6) is 0 Å². The second kappa shape index (κ2) is 11.7. The number of benzene rings is 1. The van der Waals surface area contributed by atoms with Crippen LogP contribution in [0.2, 0.25) is 0 Å². The highest BCUT2D eigenvalue weighted by atomic mass is 32.2. The van der Waals surface area contributed by atoms with E-state index in [1.54, 1.807) is 17.8 Å². The van der Waals surface area contributed by atoms with Crippen LogP contribution in [-0.4, -0.2) is 51.8 Å². The maximum Gasteiger partial charge on any atom is 0.303 e. The maximum absolute atomic E-state index is 12.3. The Kier molecular flexibility index (Phi) is 9.28. The van der Waals surface area contributed by atoms with E-state index in [9.17, 15) is 14.4 Å². The first-order valence-electron chi connectivity index (χ1n) is 9.82. The molecule has 152 valence electrons. The molecule has 1 aromatic rings. The monoisotopic (exact) mass is 403 g/mol. The number of aliphatic carboxylic acids is 1. The van der Waals surface area contributed by atoms with Crippen LogP contribution in [0.15, 0.2) is 36.4 Å². The minimum Gasteiger partial charge on any atom is -0.481 e. The standard InChI is InChI=1S/C22H29NO4S/c1-17-6-2-3-7-18(17)16-20(24)12-11-19-8-4-9-21(25)23(19)13-15-28-14-5-10-22(26)27/h2-3,6-7,11-12,19H,4-5,8-10,13-16H2,1H3,(H,26,27)/b12-11+/t19-/m1/s1. The van der Waals surface area contributed by atoms with Crippen LogP contribution < -0.4 is 0 Å². The molecule has 1 atom stereocenters. The average molecular weight is 404 g/mol. The van der Waals surface area contributed by atoms with Crippen LogP contribution in [0, 0.1) is 6.92 Å². The van der Waals surface area contributed by atoms with Gasteiger partial charge in [0.05, 0.1) is 6.04 Å². The average Bonchev–Trinajstić information content (AvgIpc) is 2.66. The van der Waals surface area contributed by atoms with Crippen LogP contribution in [0.1, 0.15) is 43.2 Å². The zero-order valence-corrected chi connectivity index (χ0v) is 17.2. The third-order valence-corrected chi connectivity index (χ3v) is 5.95. The largest absolute Gasteiger partial charge is 0.481 e. The van der Waals surface area contributed by atoms with E-state index < -0.39 is 5.97 Å². The summed E-state index contributed by atoms with van der Waals surface area (Å²) in [7, 11) is 0. The summed E-state index contributed by atoms with van der Waals surface area (Å²) in [4.78, 5) is 37.1. The Labute approximate surface area is 171 Å².